The number of hydrogen-bond acceptors (Lipinski definition) is 1. The maximum atomic E-state index is 6.06. The molecule has 3 rings (SSSR count). The average molecular weight is 287 g/mol. The van der Waals surface area contributed by atoms with Crippen LogP contribution in [0.15, 0.2) is 30.5 Å². The molecule has 0 spiro atoms. The van der Waals surface area contributed by atoms with Crippen LogP contribution >= 0.6 is 11.6 Å². The molecule has 0 aliphatic heterocycles. The molecule has 2 aromatic heterocycles. The Morgan fingerprint density at radius 3 is 2.85 bits per heavy atom. The smallest absolute Gasteiger partial charge is 0.138 e. The Morgan fingerprint density at radius 1 is 1.30 bits per heavy atom. The molecule has 0 fully saturated rings. The van der Waals surface area contributed by atoms with Gasteiger partial charge in [0.25, 0.3) is 0 Å². The van der Waals surface area contributed by atoms with Gasteiger partial charge in [-0.2, -0.15) is 5.10 Å². The van der Waals surface area contributed by atoms with Crippen molar-refractivity contribution in [2.24, 2.45) is 7.05 Å². The third-order valence-corrected chi connectivity index (χ3v) is 3.86. The fourth-order valence-corrected chi connectivity index (χ4v) is 2.94. The van der Waals surface area contributed by atoms with Gasteiger partial charge in [-0.1, -0.05) is 18.5 Å². The molecule has 0 N–H and O–H groups in total. The summed E-state index contributed by atoms with van der Waals surface area (Å²) in [7, 11) is 1.98. The van der Waals surface area contributed by atoms with E-state index in [0.29, 0.717) is 0 Å². The summed E-state index contributed by atoms with van der Waals surface area (Å²) in [6, 6.07) is 8.04. The topological polar surface area (TPSA) is 22.8 Å². The molecule has 0 aliphatic rings. The molecule has 0 saturated heterocycles. The van der Waals surface area contributed by atoms with Crippen LogP contribution in [-0.2, 0) is 13.5 Å². The van der Waals surface area contributed by atoms with Gasteiger partial charge in [-0.05, 0) is 44.0 Å². The van der Waals surface area contributed by atoms with Crippen molar-refractivity contribution in [2.75, 3.05) is 0 Å². The van der Waals surface area contributed by atoms with E-state index in [9.17, 15) is 0 Å². The summed E-state index contributed by atoms with van der Waals surface area (Å²) < 4.78 is 4.12. The monoisotopic (exact) mass is 286 g/mol. The van der Waals surface area contributed by atoms with Gasteiger partial charge >= 0.3 is 0 Å². The molecular formula is C16H17ClN3. The highest BCUT2D eigenvalue weighted by Crippen LogP contribution is 2.27. The Bertz CT molecular complexity index is 767. The van der Waals surface area contributed by atoms with Gasteiger partial charge < -0.3 is 4.57 Å². The first-order chi connectivity index (χ1) is 9.61. The highest BCUT2D eigenvalue weighted by molar-refractivity contribution is 6.31. The van der Waals surface area contributed by atoms with Crippen LogP contribution in [0.25, 0.3) is 16.7 Å². The van der Waals surface area contributed by atoms with E-state index in [0.717, 1.165) is 40.3 Å². The Labute approximate surface area is 123 Å². The summed E-state index contributed by atoms with van der Waals surface area (Å²) >= 11 is 6.06. The molecule has 1 aromatic carbocycles. The molecule has 2 heterocycles. The van der Waals surface area contributed by atoms with Crippen LogP contribution in [-0.4, -0.2) is 14.3 Å². The molecule has 0 aliphatic carbocycles. The fourth-order valence-electron chi connectivity index (χ4n) is 2.76. The average Bonchev–Trinajstić information content (AvgIpc) is 2.91. The van der Waals surface area contributed by atoms with Crippen molar-refractivity contribution < 1.29 is 0 Å². The van der Waals surface area contributed by atoms with Gasteiger partial charge in [0.2, 0.25) is 0 Å². The highest BCUT2D eigenvalue weighted by atomic mass is 35.5. The lowest BCUT2D eigenvalue weighted by atomic mass is 10.1. The molecule has 0 unspecified atom stereocenters. The maximum absolute atomic E-state index is 6.06. The van der Waals surface area contributed by atoms with Crippen molar-refractivity contribution in [3.63, 3.8) is 0 Å². The van der Waals surface area contributed by atoms with Crippen LogP contribution in [0.2, 0.25) is 5.02 Å². The highest BCUT2D eigenvalue weighted by Gasteiger charge is 2.15. The van der Waals surface area contributed by atoms with Crippen LogP contribution in [0.1, 0.15) is 17.7 Å². The quantitative estimate of drug-likeness (QED) is 0.711. The minimum Gasteiger partial charge on any atom is -0.301 e. The van der Waals surface area contributed by atoms with Crippen molar-refractivity contribution >= 4 is 22.5 Å². The van der Waals surface area contributed by atoms with Gasteiger partial charge in [0.15, 0.2) is 0 Å². The van der Waals surface area contributed by atoms with Gasteiger partial charge in [0.1, 0.15) is 5.82 Å². The molecule has 3 nitrogen and oxygen atoms in total. The molecule has 0 amide bonds. The second-order valence-electron chi connectivity index (χ2n) is 5.00. The summed E-state index contributed by atoms with van der Waals surface area (Å²) in [6.07, 6.45) is 3.87. The molecule has 20 heavy (non-hydrogen) atoms. The molecule has 103 valence electrons. The van der Waals surface area contributed by atoms with Crippen molar-refractivity contribution in [2.45, 2.75) is 19.8 Å². The Balaban J connectivity index is 2.25. The number of rotatable bonds is 3. The first kappa shape index (κ1) is 13.3. The molecule has 4 heteroatoms. The lowest BCUT2D eigenvalue weighted by Gasteiger charge is -2.09. The van der Waals surface area contributed by atoms with Crippen LogP contribution in [0.4, 0.5) is 0 Å². The Kier molecular flexibility index (Phi) is 3.30. The Hall–Kier alpha value is -1.74. The minimum absolute atomic E-state index is 0.759. The maximum Gasteiger partial charge on any atom is 0.138 e. The number of aryl methyl sites for hydroxylation is 2. The van der Waals surface area contributed by atoms with Crippen LogP contribution in [0, 0.1) is 13.8 Å². The van der Waals surface area contributed by atoms with E-state index >= 15 is 0 Å². The first-order valence-corrected chi connectivity index (χ1v) is 7.08. The largest absolute Gasteiger partial charge is 0.301 e. The molecule has 1 radical (unpaired) electrons. The lowest BCUT2D eigenvalue weighted by molar-refractivity contribution is 0.727. The van der Waals surface area contributed by atoms with Crippen molar-refractivity contribution in [1.29, 1.82) is 0 Å². The van der Waals surface area contributed by atoms with E-state index < -0.39 is 0 Å². The van der Waals surface area contributed by atoms with E-state index in [2.05, 4.69) is 35.8 Å². The SMILES string of the molecule is [CH2]CCc1c(C)nn(C)c1-n1ccc2cc(Cl)ccc21. The second-order valence-corrected chi connectivity index (χ2v) is 5.44. The Morgan fingerprint density at radius 2 is 2.10 bits per heavy atom. The number of fused-ring (bicyclic) bond motifs is 1. The van der Waals surface area contributed by atoms with Crippen molar-refractivity contribution in [1.82, 2.24) is 14.3 Å². The zero-order valence-corrected chi connectivity index (χ0v) is 12.5. The summed E-state index contributed by atoms with van der Waals surface area (Å²) in [4.78, 5) is 0. The molecule has 0 bridgehead atoms. The van der Waals surface area contributed by atoms with Gasteiger partial charge in [0.05, 0.1) is 11.2 Å². The van der Waals surface area contributed by atoms with Gasteiger partial charge in [-0.15, -0.1) is 0 Å². The van der Waals surface area contributed by atoms with Crippen LogP contribution in [0.5, 0.6) is 0 Å². The normalized spacial score (nSPS) is 11.4. The number of halogens is 1. The summed E-state index contributed by atoms with van der Waals surface area (Å²) in [5, 5.41) is 6.45. The third-order valence-electron chi connectivity index (χ3n) is 3.62. The summed E-state index contributed by atoms with van der Waals surface area (Å²) in [5.74, 6) is 1.11. The van der Waals surface area contributed by atoms with Gasteiger partial charge in [-0.25, -0.2) is 0 Å². The molecule has 3 aromatic rings. The predicted octanol–water partition coefficient (Wildman–Crippen LogP) is 4.09. The van der Waals surface area contributed by atoms with E-state index in [1.165, 1.54) is 5.56 Å². The predicted molar refractivity (Wildman–Crippen MR) is 83.5 cm³/mol. The molecule has 0 saturated carbocycles. The van der Waals surface area contributed by atoms with E-state index in [-0.39, 0.29) is 0 Å². The minimum atomic E-state index is 0.759. The zero-order valence-electron chi connectivity index (χ0n) is 11.7. The molecular weight excluding hydrogens is 270 g/mol. The van der Waals surface area contributed by atoms with Crippen molar-refractivity contribution in [3.05, 3.63) is 53.7 Å². The van der Waals surface area contributed by atoms with Crippen molar-refractivity contribution in [3.8, 4) is 5.82 Å². The first-order valence-electron chi connectivity index (χ1n) is 6.70. The summed E-state index contributed by atoms with van der Waals surface area (Å²) in [6.45, 7) is 6.02. The van der Waals surface area contributed by atoms with Crippen LogP contribution < -0.4 is 0 Å². The number of aromatic nitrogens is 3. The van der Waals surface area contributed by atoms with E-state index in [1.807, 2.05) is 29.9 Å². The number of nitrogens with zero attached hydrogens (tertiary/aromatic N) is 3. The number of benzene rings is 1. The number of hydrogen-bond donors (Lipinski definition) is 0. The summed E-state index contributed by atoms with van der Waals surface area (Å²) in [5.41, 5.74) is 3.47. The van der Waals surface area contributed by atoms with Crippen LogP contribution in [0.3, 0.4) is 0 Å². The standard InChI is InChI=1S/C16H17ClN3/c1-4-5-14-11(2)18-19(3)16(14)20-9-8-12-10-13(17)6-7-15(12)20/h6-10H,1,4-5H2,2-3H3. The fraction of sp³-hybridized carbons (Fsp3) is 0.250. The molecule has 0 atom stereocenters. The lowest BCUT2D eigenvalue weighted by Crippen LogP contribution is -2.04. The second kappa shape index (κ2) is 4.98. The van der Waals surface area contributed by atoms with Gasteiger partial charge in [0, 0.05) is 29.2 Å². The third kappa shape index (κ3) is 2.02. The van der Waals surface area contributed by atoms with E-state index in [1.54, 1.807) is 0 Å². The van der Waals surface area contributed by atoms with E-state index in [4.69, 9.17) is 11.6 Å². The zero-order chi connectivity index (χ0) is 14.3. The van der Waals surface area contributed by atoms with Gasteiger partial charge in [-0.3, -0.25) is 4.68 Å².